The number of halogens is 3. The maximum Gasteiger partial charge on any atom is 0.255 e. The number of hydrogen-bond acceptors (Lipinski definition) is 3. The van der Waals surface area contributed by atoms with Crippen LogP contribution in [0.1, 0.15) is 16.8 Å². The minimum absolute atomic E-state index is 0. The van der Waals surface area contributed by atoms with Crippen molar-refractivity contribution in [3.8, 4) is 0 Å². The first-order valence-electron chi connectivity index (χ1n) is 5.06. The molecule has 0 saturated carbocycles. The zero-order chi connectivity index (χ0) is 11.7. The monoisotopic (exact) mass is 402 g/mol. The molecule has 1 unspecified atom stereocenters. The highest BCUT2D eigenvalue weighted by atomic mass is 79.9. The van der Waals surface area contributed by atoms with Crippen LogP contribution in [0.3, 0.4) is 0 Å². The molecule has 96 valence electrons. The van der Waals surface area contributed by atoms with Gasteiger partial charge in [0.1, 0.15) is 0 Å². The number of carbonyl (C=O) groups excluding carboxylic acids is 1. The first-order valence-corrected chi connectivity index (χ1v) is 7.46. The molecule has 0 aliphatic carbocycles. The Labute approximate surface area is 127 Å². The highest BCUT2D eigenvalue weighted by Crippen LogP contribution is 2.33. The maximum atomic E-state index is 12.2. The Morgan fingerprint density at radius 1 is 1.59 bits per heavy atom. The van der Waals surface area contributed by atoms with Gasteiger partial charge < -0.3 is 10.6 Å². The molecule has 0 spiro atoms. The second-order valence-corrected chi connectivity index (χ2v) is 7.63. The van der Waals surface area contributed by atoms with E-state index in [1.165, 1.54) is 11.3 Å². The predicted octanol–water partition coefficient (Wildman–Crippen LogP) is 3.12. The van der Waals surface area contributed by atoms with Crippen LogP contribution in [-0.4, -0.2) is 30.4 Å². The van der Waals surface area contributed by atoms with Crippen molar-refractivity contribution in [3.63, 3.8) is 0 Å². The van der Waals surface area contributed by atoms with Gasteiger partial charge in [0.25, 0.3) is 5.91 Å². The highest BCUT2D eigenvalue weighted by molar-refractivity contribution is 9.12. The van der Waals surface area contributed by atoms with E-state index in [-0.39, 0.29) is 18.3 Å². The van der Waals surface area contributed by atoms with Crippen molar-refractivity contribution in [3.05, 3.63) is 19.2 Å². The Morgan fingerprint density at radius 2 is 2.29 bits per heavy atom. The van der Waals surface area contributed by atoms with Crippen LogP contribution in [-0.2, 0) is 0 Å². The number of hydrogen-bond donors (Lipinski definition) is 1. The smallest absolute Gasteiger partial charge is 0.255 e. The number of rotatable bonds is 2. The van der Waals surface area contributed by atoms with E-state index >= 15 is 0 Å². The molecule has 1 aliphatic rings. The van der Waals surface area contributed by atoms with Crippen molar-refractivity contribution in [2.45, 2.75) is 6.42 Å². The van der Waals surface area contributed by atoms with Crippen molar-refractivity contribution >= 4 is 61.5 Å². The van der Waals surface area contributed by atoms with Gasteiger partial charge in [-0.05, 0) is 56.8 Å². The average Bonchev–Trinajstić information content (AvgIpc) is 2.84. The largest absolute Gasteiger partial charge is 0.338 e. The topological polar surface area (TPSA) is 46.3 Å². The molecule has 1 aliphatic heterocycles. The molecule has 2 heterocycles. The lowest BCUT2D eigenvalue weighted by Gasteiger charge is -2.15. The van der Waals surface area contributed by atoms with E-state index in [0.29, 0.717) is 12.5 Å². The van der Waals surface area contributed by atoms with Crippen molar-refractivity contribution in [1.29, 1.82) is 0 Å². The molecule has 2 rings (SSSR count). The van der Waals surface area contributed by atoms with Gasteiger partial charge >= 0.3 is 0 Å². The highest BCUT2D eigenvalue weighted by Gasteiger charge is 2.27. The van der Waals surface area contributed by atoms with Crippen molar-refractivity contribution in [2.24, 2.45) is 11.7 Å². The Kier molecular flexibility index (Phi) is 5.92. The summed E-state index contributed by atoms with van der Waals surface area (Å²) in [5.41, 5.74) is 6.36. The third-order valence-electron chi connectivity index (χ3n) is 2.79. The van der Waals surface area contributed by atoms with E-state index in [9.17, 15) is 4.79 Å². The number of carbonyl (C=O) groups is 1. The molecule has 7 heteroatoms. The second kappa shape index (κ2) is 6.52. The number of amides is 1. The van der Waals surface area contributed by atoms with E-state index in [0.717, 1.165) is 32.6 Å². The minimum Gasteiger partial charge on any atom is -0.338 e. The quantitative estimate of drug-likeness (QED) is 0.823. The molecule has 0 bridgehead atoms. The van der Waals surface area contributed by atoms with Crippen molar-refractivity contribution in [2.75, 3.05) is 19.6 Å². The van der Waals surface area contributed by atoms with Crippen molar-refractivity contribution in [1.82, 2.24) is 4.90 Å². The lowest BCUT2D eigenvalue weighted by Crippen LogP contribution is -2.29. The van der Waals surface area contributed by atoms with Crippen LogP contribution in [0.25, 0.3) is 0 Å². The first-order chi connectivity index (χ1) is 7.61. The predicted molar refractivity (Wildman–Crippen MR) is 80.0 cm³/mol. The molecule has 0 aromatic carbocycles. The third-order valence-corrected chi connectivity index (χ3v) is 5.13. The van der Waals surface area contributed by atoms with Gasteiger partial charge in [0.05, 0.1) is 13.1 Å². The number of likely N-dealkylation sites (tertiary alicyclic amines) is 1. The molecule has 3 nitrogen and oxygen atoms in total. The van der Waals surface area contributed by atoms with Gasteiger partial charge in [-0.25, -0.2) is 0 Å². The van der Waals surface area contributed by atoms with Crippen LogP contribution in [0, 0.1) is 5.92 Å². The van der Waals surface area contributed by atoms with E-state index in [1.807, 2.05) is 11.0 Å². The Bertz CT molecular complexity index is 413. The van der Waals surface area contributed by atoms with Gasteiger partial charge in [-0.1, -0.05) is 0 Å². The van der Waals surface area contributed by atoms with Crippen LogP contribution in [0.15, 0.2) is 13.6 Å². The molecular formula is C10H13Br2ClN2OS. The van der Waals surface area contributed by atoms with E-state index < -0.39 is 0 Å². The average molecular weight is 405 g/mol. The normalized spacial score (nSPS) is 19.2. The minimum atomic E-state index is 0. The summed E-state index contributed by atoms with van der Waals surface area (Å²) < 4.78 is 1.86. The molecule has 0 radical (unpaired) electrons. The standard InChI is InChI=1S/C10H12Br2N2OS.ClH/c11-8-3-7(9(12)16-8)10(15)14-2-1-6(4-13)5-14;/h3,6H,1-2,4-5,13H2;1H. The van der Waals surface area contributed by atoms with Gasteiger partial charge in [0, 0.05) is 13.1 Å². The number of nitrogens with two attached hydrogens (primary N) is 1. The zero-order valence-corrected chi connectivity index (χ0v) is 13.8. The zero-order valence-electron chi connectivity index (χ0n) is 8.99. The Morgan fingerprint density at radius 3 is 2.76 bits per heavy atom. The molecule has 1 atom stereocenters. The molecule has 1 amide bonds. The second-order valence-electron chi connectivity index (χ2n) is 3.88. The Hall–Kier alpha value is 0.380. The molecule has 1 aromatic heterocycles. The van der Waals surface area contributed by atoms with Crippen LogP contribution < -0.4 is 5.73 Å². The fraction of sp³-hybridized carbons (Fsp3) is 0.500. The SMILES string of the molecule is Cl.NCC1CCN(C(=O)c2cc(Br)sc2Br)C1. The summed E-state index contributed by atoms with van der Waals surface area (Å²) in [5.74, 6) is 0.564. The molecule has 1 fully saturated rings. The summed E-state index contributed by atoms with van der Waals surface area (Å²) in [4.78, 5) is 14.1. The van der Waals surface area contributed by atoms with E-state index in [4.69, 9.17) is 5.73 Å². The summed E-state index contributed by atoms with van der Waals surface area (Å²) >= 11 is 8.32. The first kappa shape index (κ1) is 15.4. The van der Waals surface area contributed by atoms with Gasteiger partial charge in [-0.3, -0.25) is 4.79 Å². The molecule has 1 aromatic rings. The number of thiophene rings is 1. The summed E-state index contributed by atoms with van der Waals surface area (Å²) in [6.07, 6.45) is 1.02. The molecule has 17 heavy (non-hydrogen) atoms. The summed E-state index contributed by atoms with van der Waals surface area (Å²) in [5, 5.41) is 0. The van der Waals surface area contributed by atoms with Gasteiger partial charge in [-0.15, -0.1) is 23.7 Å². The van der Waals surface area contributed by atoms with Gasteiger partial charge in [-0.2, -0.15) is 0 Å². The molecular weight excluding hydrogens is 391 g/mol. The number of nitrogens with zero attached hydrogens (tertiary/aromatic N) is 1. The van der Waals surface area contributed by atoms with E-state index in [2.05, 4.69) is 31.9 Å². The third kappa shape index (κ3) is 3.44. The fourth-order valence-electron chi connectivity index (χ4n) is 1.87. The van der Waals surface area contributed by atoms with Crippen LogP contribution in [0.4, 0.5) is 0 Å². The molecule has 1 saturated heterocycles. The van der Waals surface area contributed by atoms with Crippen LogP contribution in [0.5, 0.6) is 0 Å². The van der Waals surface area contributed by atoms with E-state index in [1.54, 1.807) is 0 Å². The Balaban J connectivity index is 0.00000144. The van der Waals surface area contributed by atoms with Crippen LogP contribution >= 0.6 is 55.6 Å². The summed E-state index contributed by atoms with van der Waals surface area (Å²) in [6, 6.07) is 1.87. The van der Waals surface area contributed by atoms with Gasteiger partial charge in [0.15, 0.2) is 0 Å². The van der Waals surface area contributed by atoms with Gasteiger partial charge in [0.2, 0.25) is 0 Å². The maximum absolute atomic E-state index is 12.2. The summed E-state index contributed by atoms with van der Waals surface area (Å²) in [6.45, 7) is 2.27. The van der Waals surface area contributed by atoms with Crippen molar-refractivity contribution < 1.29 is 4.79 Å². The lowest BCUT2D eigenvalue weighted by molar-refractivity contribution is 0.0787. The lowest BCUT2D eigenvalue weighted by atomic mass is 10.1. The summed E-state index contributed by atoms with van der Waals surface area (Å²) in [7, 11) is 0. The fourth-order valence-corrected chi connectivity index (χ4v) is 4.64. The van der Waals surface area contributed by atoms with Crippen LogP contribution in [0.2, 0.25) is 0 Å². The molecule has 2 N–H and O–H groups in total.